The van der Waals surface area contributed by atoms with Gasteiger partial charge in [-0.3, -0.25) is 0 Å². The second kappa shape index (κ2) is 16.1. The van der Waals surface area contributed by atoms with Crippen LogP contribution in [0.3, 0.4) is 0 Å². The number of halogens is 6. The number of ether oxygens (including phenoxy) is 1. The lowest BCUT2D eigenvalue weighted by Crippen LogP contribution is -2.13. The molecule has 0 fully saturated rings. The molecule has 0 bridgehead atoms. The summed E-state index contributed by atoms with van der Waals surface area (Å²) in [6.07, 6.45) is 1.17. The summed E-state index contributed by atoms with van der Waals surface area (Å²) < 4.78 is 95.6. The third kappa shape index (κ3) is 10.2. The molecule has 0 amide bonds. The Labute approximate surface area is 308 Å². The molecular weight excluding hydrogens is 738 g/mol. The van der Waals surface area contributed by atoms with Gasteiger partial charge in [0, 0.05) is 34.7 Å². The van der Waals surface area contributed by atoms with E-state index in [1.807, 2.05) is 0 Å². The summed E-state index contributed by atoms with van der Waals surface area (Å²) in [6.45, 7) is 6.54. The number of carbonyl (C=O) groups is 2. The third-order valence-electron chi connectivity index (χ3n) is 7.32. The highest BCUT2D eigenvalue weighted by molar-refractivity contribution is 6.20. The van der Waals surface area contributed by atoms with Crippen LogP contribution in [0.25, 0.3) is 46.3 Å². The average molecular weight is 769 g/mol. The van der Waals surface area contributed by atoms with E-state index in [2.05, 4.69) is 20.2 Å². The molecular formula is C37H30F6N6O6. The monoisotopic (exact) mass is 768 g/mol. The molecule has 0 saturated carbocycles. The highest BCUT2D eigenvalue weighted by atomic mass is 19.4. The lowest BCUT2D eigenvalue weighted by atomic mass is 10.1. The number of aromatic nitrogens is 6. The first kappa shape index (κ1) is 39.5. The predicted octanol–water partition coefficient (Wildman–Crippen LogP) is 8.76. The van der Waals surface area contributed by atoms with Crippen LogP contribution in [0.1, 0.15) is 47.2 Å². The Kier molecular flexibility index (Phi) is 11.6. The first-order chi connectivity index (χ1) is 25.9. The SMILES string of the molecule is Cc1cc(-c2ncn(/C=C(/C(=O)O)c3ccoc3)n2)cc(C(F)(F)F)c1.Cc1cc(-c2ncn(/C=C(/C(=O)OC(C)C)c3ccoc3)n2)cc(C(F)(F)F)c1. The number of hydrogen-bond donors (Lipinski definition) is 1. The Morgan fingerprint density at radius 1 is 0.727 bits per heavy atom. The van der Waals surface area contributed by atoms with Crippen molar-refractivity contribution in [2.45, 2.75) is 46.2 Å². The van der Waals surface area contributed by atoms with E-state index in [4.69, 9.17) is 13.6 Å². The molecule has 12 nitrogen and oxygen atoms in total. The van der Waals surface area contributed by atoms with Gasteiger partial charge in [0.25, 0.3) is 0 Å². The fourth-order valence-electron chi connectivity index (χ4n) is 4.97. The molecule has 2 aromatic carbocycles. The zero-order valence-corrected chi connectivity index (χ0v) is 29.3. The largest absolute Gasteiger partial charge is 0.478 e. The van der Waals surface area contributed by atoms with Crippen molar-refractivity contribution >= 4 is 35.5 Å². The van der Waals surface area contributed by atoms with Crippen LogP contribution in [0.2, 0.25) is 0 Å². The Balaban J connectivity index is 0.000000212. The quantitative estimate of drug-likeness (QED) is 0.0859. The smallest absolute Gasteiger partial charge is 0.416 e. The Bertz CT molecular complexity index is 2340. The fourth-order valence-corrected chi connectivity index (χ4v) is 4.97. The molecule has 4 heterocycles. The highest BCUT2D eigenvalue weighted by Crippen LogP contribution is 2.34. The van der Waals surface area contributed by atoms with Crippen LogP contribution in [0.5, 0.6) is 0 Å². The number of carboxylic acid groups (broad SMARTS) is 1. The maximum absolute atomic E-state index is 13.1. The minimum absolute atomic E-state index is 0.0485. The van der Waals surface area contributed by atoms with Crippen molar-refractivity contribution in [1.29, 1.82) is 0 Å². The van der Waals surface area contributed by atoms with Gasteiger partial charge in [-0.1, -0.05) is 0 Å². The lowest BCUT2D eigenvalue weighted by Gasteiger charge is -2.10. The highest BCUT2D eigenvalue weighted by Gasteiger charge is 2.32. The van der Waals surface area contributed by atoms with E-state index < -0.39 is 35.4 Å². The normalized spacial score (nSPS) is 12.4. The van der Waals surface area contributed by atoms with Crippen LogP contribution in [-0.2, 0) is 26.7 Å². The molecule has 0 saturated heterocycles. The van der Waals surface area contributed by atoms with Gasteiger partial charge in [0.05, 0.1) is 53.4 Å². The van der Waals surface area contributed by atoms with E-state index in [-0.39, 0.29) is 40.0 Å². The Morgan fingerprint density at radius 3 is 1.55 bits per heavy atom. The maximum Gasteiger partial charge on any atom is 0.416 e. The van der Waals surface area contributed by atoms with Crippen LogP contribution >= 0.6 is 0 Å². The minimum Gasteiger partial charge on any atom is -0.478 e. The molecule has 0 unspecified atom stereocenters. The van der Waals surface area contributed by atoms with E-state index in [1.54, 1.807) is 32.9 Å². The molecule has 6 aromatic rings. The van der Waals surface area contributed by atoms with Crippen LogP contribution < -0.4 is 0 Å². The number of furan rings is 2. The summed E-state index contributed by atoms with van der Waals surface area (Å²) in [5.41, 5.74) is 0.533. The molecule has 55 heavy (non-hydrogen) atoms. The molecule has 1 N–H and O–H groups in total. The number of esters is 1. The van der Waals surface area contributed by atoms with Crippen LogP contribution in [0, 0.1) is 13.8 Å². The fraction of sp³-hybridized carbons (Fsp3) is 0.189. The van der Waals surface area contributed by atoms with Gasteiger partial charge < -0.3 is 18.7 Å². The zero-order valence-electron chi connectivity index (χ0n) is 29.3. The van der Waals surface area contributed by atoms with Crippen molar-refractivity contribution < 1.29 is 54.6 Å². The lowest BCUT2D eigenvalue weighted by molar-refractivity contribution is -0.140. The summed E-state index contributed by atoms with van der Waals surface area (Å²) >= 11 is 0. The number of rotatable bonds is 9. The number of hydrogen-bond acceptors (Lipinski definition) is 9. The van der Waals surface area contributed by atoms with Crippen molar-refractivity contribution in [3.05, 3.63) is 120 Å². The summed E-state index contributed by atoms with van der Waals surface area (Å²) in [5.74, 6) is -1.65. The molecule has 0 spiro atoms. The predicted molar refractivity (Wildman–Crippen MR) is 185 cm³/mol. The van der Waals surface area contributed by atoms with Gasteiger partial charge in [-0.2, -0.15) is 26.3 Å². The maximum atomic E-state index is 13.1. The first-order valence-electron chi connectivity index (χ1n) is 16.0. The Morgan fingerprint density at radius 2 is 1.16 bits per heavy atom. The molecule has 0 aliphatic heterocycles. The van der Waals surface area contributed by atoms with Crippen molar-refractivity contribution in [1.82, 2.24) is 29.5 Å². The molecule has 6 rings (SSSR count). The number of carboxylic acids is 1. The van der Waals surface area contributed by atoms with E-state index in [1.165, 1.54) is 73.8 Å². The van der Waals surface area contributed by atoms with Crippen molar-refractivity contribution in [2.75, 3.05) is 0 Å². The van der Waals surface area contributed by atoms with Crippen molar-refractivity contribution in [3.8, 4) is 22.8 Å². The summed E-state index contributed by atoms with van der Waals surface area (Å²) in [4.78, 5) is 31.8. The standard InChI is InChI=1S/C20H18F3N3O3.C17H12F3N3O3/c1-12(2)29-19(27)17(14-4-5-28-10-14)9-26-11-24-18(25-26)15-6-13(3)7-16(8-15)20(21,22)23;1-10-4-12(6-13(5-10)17(18,19)20)15-21-9-23(22-15)7-14(16(24)25)11-2-3-26-8-11/h4-12H,1-3H3;2-9H,1H3,(H,24,25)/b17-9+;14-7+. The van der Waals surface area contributed by atoms with Gasteiger partial charge in [-0.15, -0.1) is 10.2 Å². The zero-order chi connectivity index (χ0) is 40.1. The Hall–Kier alpha value is -6.72. The van der Waals surface area contributed by atoms with Crippen LogP contribution in [0.4, 0.5) is 26.3 Å². The van der Waals surface area contributed by atoms with Crippen LogP contribution in [-0.4, -0.2) is 52.7 Å². The molecule has 18 heteroatoms. The van der Waals surface area contributed by atoms with E-state index in [0.717, 1.165) is 28.9 Å². The van der Waals surface area contributed by atoms with Crippen molar-refractivity contribution in [3.63, 3.8) is 0 Å². The van der Waals surface area contributed by atoms with Gasteiger partial charge in [0.15, 0.2) is 11.6 Å². The molecule has 4 aromatic heterocycles. The summed E-state index contributed by atoms with van der Waals surface area (Å²) in [5, 5.41) is 17.5. The van der Waals surface area contributed by atoms with Gasteiger partial charge in [0.1, 0.15) is 12.7 Å². The summed E-state index contributed by atoms with van der Waals surface area (Å²) in [7, 11) is 0. The second-order valence-electron chi connectivity index (χ2n) is 12.1. The summed E-state index contributed by atoms with van der Waals surface area (Å²) in [6, 6.07) is 10.1. The first-order valence-corrected chi connectivity index (χ1v) is 16.0. The molecule has 0 radical (unpaired) electrons. The van der Waals surface area contributed by atoms with Gasteiger partial charge in [-0.25, -0.2) is 28.9 Å². The van der Waals surface area contributed by atoms with Crippen molar-refractivity contribution in [2.24, 2.45) is 0 Å². The van der Waals surface area contributed by atoms with Gasteiger partial charge in [-0.05, 0) is 87.4 Å². The molecule has 0 atom stereocenters. The molecule has 286 valence electrons. The molecule has 0 aliphatic rings. The number of nitrogens with zero attached hydrogens (tertiary/aromatic N) is 6. The third-order valence-corrected chi connectivity index (χ3v) is 7.32. The number of benzene rings is 2. The van der Waals surface area contributed by atoms with E-state index in [0.29, 0.717) is 22.3 Å². The number of alkyl halides is 6. The number of aryl methyl sites for hydroxylation is 2. The van der Waals surface area contributed by atoms with E-state index >= 15 is 0 Å². The van der Waals surface area contributed by atoms with Gasteiger partial charge in [0.2, 0.25) is 0 Å². The minimum atomic E-state index is -4.49. The number of aliphatic carboxylic acids is 1. The van der Waals surface area contributed by atoms with Crippen LogP contribution in [0.15, 0.2) is 95.1 Å². The second-order valence-corrected chi connectivity index (χ2v) is 12.1. The topological polar surface area (TPSA) is 151 Å². The van der Waals surface area contributed by atoms with E-state index in [9.17, 15) is 41.0 Å². The molecule has 0 aliphatic carbocycles. The number of carbonyl (C=O) groups excluding carboxylic acids is 1. The van der Waals surface area contributed by atoms with Gasteiger partial charge >= 0.3 is 24.3 Å². The average Bonchev–Trinajstić information content (AvgIpc) is 3.93.